The van der Waals surface area contributed by atoms with Gasteiger partial charge in [0.15, 0.2) is 11.6 Å². The Bertz CT molecular complexity index is 561. The number of hydrogen-bond acceptors (Lipinski definition) is 2. The van der Waals surface area contributed by atoms with Crippen LogP contribution in [0.25, 0.3) is 0 Å². The van der Waals surface area contributed by atoms with E-state index >= 15 is 0 Å². The van der Waals surface area contributed by atoms with Crippen molar-refractivity contribution in [2.75, 3.05) is 5.32 Å². The maximum absolute atomic E-state index is 13.0. The van der Waals surface area contributed by atoms with E-state index in [-0.39, 0.29) is 0 Å². The molecule has 0 saturated carbocycles. The van der Waals surface area contributed by atoms with E-state index in [0.717, 1.165) is 21.1 Å². The number of rotatable bonds is 2. The minimum absolute atomic E-state index is 0.430. The number of benzene rings is 1. The highest BCUT2D eigenvalue weighted by molar-refractivity contribution is 9.11. The molecule has 6 heteroatoms. The molecule has 0 saturated heterocycles. The maximum atomic E-state index is 13.0. The van der Waals surface area contributed by atoms with Crippen LogP contribution in [-0.4, -0.2) is 4.98 Å². The summed E-state index contributed by atoms with van der Waals surface area (Å²) in [5.41, 5.74) is 0.430. The van der Waals surface area contributed by atoms with Gasteiger partial charge < -0.3 is 5.32 Å². The summed E-state index contributed by atoms with van der Waals surface area (Å²) in [7, 11) is 0. The first-order valence-electron chi connectivity index (χ1n) is 4.59. The van der Waals surface area contributed by atoms with E-state index in [4.69, 9.17) is 0 Å². The van der Waals surface area contributed by atoms with Crippen molar-refractivity contribution in [3.05, 3.63) is 51.0 Å². The second-order valence-corrected chi connectivity index (χ2v) is 5.01. The van der Waals surface area contributed by atoms with E-state index < -0.39 is 11.6 Å². The quantitative estimate of drug-likeness (QED) is 0.841. The topological polar surface area (TPSA) is 24.9 Å². The van der Waals surface area contributed by atoms with Crippen molar-refractivity contribution in [1.82, 2.24) is 4.98 Å². The largest absolute Gasteiger partial charge is 0.339 e. The van der Waals surface area contributed by atoms with Gasteiger partial charge >= 0.3 is 0 Å². The van der Waals surface area contributed by atoms with Crippen molar-refractivity contribution in [3.8, 4) is 0 Å². The SMILES string of the molecule is Fc1ccc(Nc2ncc(Br)cc2Br)cc1F. The van der Waals surface area contributed by atoms with Crippen LogP contribution in [-0.2, 0) is 0 Å². The fourth-order valence-electron chi connectivity index (χ4n) is 1.22. The highest BCUT2D eigenvalue weighted by atomic mass is 79.9. The summed E-state index contributed by atoms with van der Waals surface area (Å²) < 4.78 is 27.3. The summed E-state index contributed by atoms with van der Waals surface area (Å²) in [6, 6.07) is 5.37. The predicted molar refractivity (Wildman–Crippen MR) is 69.3 cm³/mol. The van der Waals surface area contributed by atoms with Crippen molar-refractivity contribution in [3.63, 3.8) is 0 Å². The molecule has 1 N–H and O–H groups in total. The molecule has 17 heavy (non-hydrogen) atoms. The fraction of sp³-hybridized carbons (Fsp3) is 0. The average molecular weight is 364 g/mol. The van der Waals surface area contributed by atoms with E-state index in [2.05, 4.69) is 42.2 Å². The third-order valence-corrected chi connectivity index (χ3v) is 3.03. The Morgan fingerprint density at radius 2 is 1.82 bits per heavy atom. The Hall–Kier alpha value is -1.01. The van der Waals surface area contributed by atoms with Crippen LogP contribution in [0.3, 0.4) is 0 Å². The molecule has 0 unspecified atom stereocenters. The fourth-order valence-corrected chi connectivity index (χ4v) is 2.30. The Morgan fingerprint density at radius 1 is 1.06 bits per heavy atom. The lowest BCUT2D eigenvalue weighted by Gasteiger charge is -2.07. The van der Waals surface area contributed by atoms with E-state index in [1.165, 1.54) is 6.07 Å². The van der Waals surface area contributed by atoms with Crippen LogP contribution < -0.4 is 5.32 Å². The Morgan fingerprint density at radius 3 is 2.47 bits per heavy atom. The van der Waals surface area contributed by atoms with E-state index in [1.54, 1.807) is 12.3 Å². The summed E-state index contributed by atoms with van der Waals surface area (Å²) in [4.78, 5) is 4.10. The van der Waals surface area contributed by atoms with Crippen LogP contribution in [0.1, 0.15) is 0 Å². The normalized spacial score (nSPS) is 10.4. The molecule has 1 aromatic heterocycles. The first-order valence-corrected chi connectivity index (χ1v) is 6.18. The minimum atomic E-state index is -0.900. The highest BCUT2D eigenvalue weighted by Gasteiger charge is 2.06. The molecule has 0 fully saturated rings. The molecule has 0 radical (unpaired) electrons. The van der Waals surface area contributed by atoms with Crippen LogP contribution in [0.4, 0.5) is 20.3 Å². The molecule has 2 aromatic rings. The number of pyridine rings is 1. The van der Waals surface area contributed by atoms with Gasteiger partial charge in [0.2, 0.25) is 0 Å². The monoisotopic (exact) mass is 362 g/mol. The van der Waals surface area contributed by atoms with E-state index in [9.17, 15) is 8.78 Å². The lowest BCUT2D eigenvalue weighted by atomic mass is 10.3. The average Bonchev–Trinajstić information content (AvgIpc) is 2.27. The first-order chi connectivity index (χ1) is 8.06. The van der Waals surface area contributed by atoms with E-state index in [0.29, 0.717) is 11.5 Å². The molecular weight excluding hydrogens is 358 g/mol. The second kappa shape index (κ2) is 5.10. The molecular formula is C11H6Br2F2N2. The van der Waals surface area contributed by atoms with Gasteiger partial charge in [0.1, 0.15) is 5.82 Å². The minimum Gasteiger partial charge on any atom is -0.339 e. The third kappa shape index (κ3) is 3.01. The molecule has 0 atom stereocenters. The van der Waals surface area contributed by atoms with Crippen molar-refractivity contribution >= 4 is 43.4 Å². The number of nitrogens with one attached hydrogen (secondary N) is 1. The van der Waals surface area contributed by atoms with Crippen molar-refractivity contribution in [2.24, 2.45) is 0 Å². The molecule has 1 aromatic carbocycles. The van der Waals surface area contributed by atoms with Crippen LogP contribution >= 0.6 is 31.9 Å². The number of aromatic nitrogens is 1. The lowest BCUT2D eigenvalue weighted by molar-refractivity contribution is 0.509. The van der Waals surface area contributed by atoms with Crippen LogP contribution in [0.15, 0.2) is 39.4 Å². The molecule has 0 spiro atoms. The molecule has 0 aliphatic heterocycles. The molecule has 88 valence electrons. The Labute approximate surface area is 113 Å². The van der Waals surface area contributed by atoms with Gasteiger partial charge in [0.05, 0.1) is 4.47 Å². The van der Waals surface area contributed by atoms with Crippen molar-refractivity contribution < 1.29 is 8.78 Å². The standard InChI is InChI=1S/C11H6Br2F2N2/c12-6-3-8(13)11(16-5-6)17-7-1-2-9(14)10(15)4-7/h1-5H,(H,16,17). The van der Waals surface area contributed by atoms with Gasteiger partial charge in [-0.15, -0.1) is 0 Å². The number of nitrogens with zero attached hydrogens (tertiary/aromatic N) is 1. The third-order valence-electron chi connectivity index (χ3n) is 1.99. The summed E-state index contributed by atoms with van der Waals surface area (Å²) in [6.45, 7) is 0. The van der Waals surface area contributed by atoms with Crippen LogP contribution in [0.5, 0.6) is 0 Å². The molecule has 1 heterocycles. The summed E-state index contributed by atoms with van der Waals surface area (Å²) in [6.07, 6.45) is 1.60. The van der Waals surface area contributed by atoms with Gasteiger partial charge in [0, 0.05) is 22.4 Å². The number of hydrogen-bond donors (Lipinski definition) is 1. The zero-order valence-electron chi connectivity index (χ0n) is 8.35. The molecule has 0 aliphatic rings. The number of halogens is 4. The number of anilines is 2. The Balaban J connectivity index is 2.28. The summed E-state index contributed by atoms with van der Waals surface area (Å²) in [5, 5.41) is 2.88. The zero-order valence-corrected chi connectivity index (χ0v) is 11.5. The molecule has 2 rings (SSSR count). The maximum Gasteiger partial charge on any atom is 0.160 e. The van der Waals surface area contributed by atoms with E-state index in [1.807, 2.05) is 0 Å². The van der Waals surface area contributed by atoms with Crippen LogP contribution in [0.2, 0.25) is 0 Å². The van der Waals surface area contributed by atoms with Gasteiger partial charge in [-0.05, 0) is 50.1 Å². The van der Waals surface area contributed by atoms with Gasteiger partial charge in [-0.2, -0.15) is 0 Å². The predicted octanol–water partition coefficient (Wildman–Crippen LogP) is 4.63. The summed E-state index contributed by atoms with van der Waals surface area (Å²) >= 11 is 6.59. The first kappa shape index (κ1) is 12.4. The smallest absolute Gasteiger partial charge is 0.160 e. The second-order valence-electron chi connectivity index (χ2n) is 3.24. The zero-order chi connectivity index (χ0) is 12.4. The van der Waals surface area contributed by atoms with Crippen molar-refractivity contribution in [1.29, 1.82) is 0 Å². The summed E-state index contributed by atoms with van der Waals surface area (Å²) in [5.74, 6) is -1.25. The van der Waals surface area contributed by atoms with Crippen LogP contribution in [0, 0.1) is 11.6 Å². The molecule has 2 nitrogen and oxygen atoms in total. The van der Waals surface area contributed by atoms with Gasteiger partial charge in [-0.1, -0.05) is 0 Å². The van der Waals surface area contributed by atoms with Crippen molar-refractivity contribution in [2.45, 2.75) is 0 Å². The molecule has 0 aliphatic carbocycles. The molecule has 0 bridgehead atoms. The van der Waals surface area contributed by atoms with Gasteiger partial charge in [-0.3, -0.25) is 0 Å². The lowest BCUT2D eigenvalue weighted by Crippen LogP contribution is -1.96. The highest BCUT2D eigenvalue weighted by Crippen LogP contribution is 2.26. The van der Waals surface area contributed by atoms with Gasteiger partial charge in [-0.25, -0.2) is 13.8 Å². The molecule has 0 amide bonds. The van der Waals surface area contributed by atoms with Gasteiger partial charge in [0.25, 0.3) is 0 Å². The Kier molecular flexibility index (Phi) is 3.73.